The Balaban J connectivity index is 4.80. The molecule has 0 aromatic rings. The van der Waals surface area contributed by atoms with Gasteiger partial charge in [0.1, 0.15) is 0 Å². The molecule has 0 spiro atoms. The van der Waals surface area contributed by atoms with Crippen LogP contribution in [0.3, 0.4) is 0 Å². The van der Waals surface area contributed by atoms with Crippen LogP contribution in [0.1, 0.15) is 74.7 Å². The molecule has 0 aromatic carbocycles. The van der Waals surface area contributed by atoms with Crippen molar-refractivity contribution in [1.29, 1.82) is 0 Å². The number of rotatable bonds is 15. The molecule has 0 heterocycles. The predicted octanol–water partition coefficient (Wildman–Crippen LogP) is 7.23. The molecule has 0 N–H and O–H groups in total. The molecule has 0 radical (unpaired) electrons. The molecule has 0 saturated carbocycles. The SMILES string of the molecule is CC[CH2][Ge]([CH2]CC)([CH2]CC)[O]CC(C)(C)C[O][Ge]([CH2]C)([CH2]C)[CH2]C. The molecule has 0 saturated heterocycles. The Morgan fingerprint density at radius 1 is 0.583 bits per heavy atom. The Morgan fingerprint density at radius 3 is 1.21 bits per heavy atom. The van der Waals surface area contributed by atoms with Crippen LogP contribution in [-0.4, -0.2) is 40.4 Å². The normalized spacial score (nSPS) is 13.5. The van der Waals surface area contributed by atoms with Crippen LogP contribution in [0.5, 0.6) is 0 Å². The topological polar surface area (TPSA) is 18.5 Å². The maximum atomic E-state index is 6.81. The van der Waals surface area contributed by atoms with Crippen molar-refractivity contribution in [2.75, 3.05) is 13.2 Å². The van der Waals surface area contributed by atoms with E-state index in [1.54, 1.807) is 0 Å². The van der Waals surface area contributed by atoms with Crippen molar-refractivity contribution in [3.05, 3.63) is 0 Å². The first-order valence-corrected chi connectivity index (χ1v) is 21.2. The fraction of sp³-hybridized carbons (Fsp3) is 1.00. The van der Waals surface area contributed by atoms with Crippen molar-refractivity contribution in [3.63, 3.8) is 0 Å². The van der Waals surface area contributed by atoms with Gasteiger partial charge in [-0.1, -0.05) is 0 Å². The van der Waals surface area contributed by atoms with Gasteiger partial charge < -0.3 is 0 Å². The zero-order valence-corrected chi connectivity index (χ0v) is 22.3. The molecule has 0 fully saturated rings. The summed E-state index contributed by atoms with van der Waals surface area (Å²) >= 11 is -4.15. The summed E-state index contributed by atoms with van der Waals surface area (Å²) in [4.78, 5) is 0. The molecular weight excluding hydrogens is 417 g/mol. The summed E-state index contributed by atoms with van der Waals surface area (Å²) in [6, 6.07) is 0. The maximum absolute atomic E-state index is 6.81. The third-order valence-corrected chi connectivity index (χ3v) is 25.8. The summed E-state index contributed by atoms with van der Waals surface area (Å²) in [6.45, 7) is 20.5. The number of hydrogen-bond acceptors (Lipinski definition) is 2. The van der Waals surface area contributed by atoms with Crippen molar-refractivity contribution < 1.29 is 7.53 Å². The van der Waals surface area contributed by atoms with Crippen LogP contribution in [0.4, 0.5) is 0 Å². The van der Waals surface area contributed by atoms with Crippen LogP contribution < -0.4 is 0 Å². The molecule has 0 aliphatic heterocycles. The molecule has 0 aromatic heterocycles. The van der Waals surface area contributed by atoms with Crippen molar-refractivity contribution >= 4 is 27.2 Å². The molecule has 0 atom stereocenters. The average Bonchev–Trinajstić information content (AvgIpc) is 2.56. The minimum atomic E-state index is -2.12. The van der Waals surface area contributed by atoms with Gasteiger partial charge in [0.25, 0.3) is 0 Å². The van der Waals surface area contributed by atoms with Gasteiger partial charge in [0.2, 0.25) is 0 Å². The quantitative estimate of drug-likeness (QED) is 0.239. The molecular formula is C20H46Ge2O2. The van der Waals surface area contributed by atoms with E-state index in [1.165, 1.54) is 50.8 Å². The second-order valence-electron chi connectivity index (χ2n) is 8.42. The van der Waals surface area contributed by atoms with Gasteiger partial charge >= 0.3 is 160 Å². The van der Waals surface area contributed by atoms with Crippen molar-refractivity contribution in [3.8, 4) is 0 Å². The van der Waals surface area contributed by atoms with Crippen LogP contribution in [0, 0.1) is 5.41 Å². The van der Waals surface area contributed by atoms with E-state index in [-0.39, 0.29) is 5.41 Å². The summed E-state index contributed by atoms with van der Waals surface area (Å²) in [6.07, 6.45) is 3.87. The van der Waals surface area contributed by atoms with Crippen LogP contribution in [-0.2, 0) is 7.53 Å². The first-order valence-electron chi connectivity index (χ1n) is 10.6. The molecule has 146 valence electrons. The van der Waals surface area contributed by atoms with Gasteiger partial charge in [-0.2, -0.15) is 0 Å². The van der Waals surface area contributed by atoms with E-state index in [0.717, 1.165) is 13.2 Å². The van der Waals surface area contributed by atoms with E-state index >= 15 is 0 Å². The van der Waals surface area contributed by atoms with Crippen LogP contribution in [0.25, 0.3) is 0 Å². The fourth-order valence-electron chi connectivity index (χ4n) is 3.75. The molecule has 0 bridgehead atoms. The van der Waals surface area contributed by atoms with E-state index in [4.69, 9.17) is 7.53 Å². The minimum absolute atomic E-state index is 0.154. The standard InChI is InChI=1S/C20H46Ge2O2/c1-9-15-22(16-10-2,17-11-3)24-19-20(7,8)18-23-21(12-4,13-5)14-6/h9-19H2,1-8H3. The summed E-state index contributed by atoms with van der Waals surface area (Å²) < 4.78 is 13.4. The first-order chi connectivity index (χ1) is 11.3. The van der Waals surface area contributed by atoms with Crippen molar-refractivity contribution in [2.45, 2.75) is 106 Å². The Morgan fingerprint density at radius 2 is 0.917 bits per heavy atom. The molecule has 0 unspecified atom stereocenters. The summed E-state index contributed by atoms with van der Waals surface area (Å²) in [7, 11) is 0. The zero-order valence-electron chi connectivity index (χ0n) is 18.1. The molecule has 0 rings (SSSR count). The molecule has 0 amide bonds. The molecule has 24 heavy (non-hydrogen) atoms. The van der Waals surface area contributed by atoms with Gasteiger partial charge in [-0.25, -0.2) is 0 Å². The van der Waals surface area contributed by atoms with Crippen LogP contribution >= 0.6 is 0 Å². The monoisotopic (exact) mass is 466 g/mol. The molecule has 4 heteroatoms. The predicted molar refractivity (Wildman–Crippen MR) is 114 cm³/mol. The van der Waals surface area contributed by atoms with E-state index in [0.29, 0.717) is 0 Å². The van der Waals surface area contributed by atoms with Gasteiger partial charge in [0.15, 0.2) is 0 Å². The summed E-state index contributed by atoms with van der Waals surface area (Å²) in [5.41, 5.74) is 0.154. The summed E-state index contributed by atoms with van der Waals surface area (Å²) in [5, 5.41) is 7.98. The second-order valence-corrected chi connectivity index (χ2v) is 27.2. The van der Waals surface area contributed by atoms with Gasteiger partial charge in [0, 0.05) is 0 Å². The fourth-order valence-corrected chi connectivity index (χ4v) is 19.3. The van der Waals surface area contributed by atoms with Crippen LogP contribution in [0.2, 0.25) is 31.5 Å². The third kappa shape index (κ3) is 8.59. The zero-order chi connectivity index (χ0) is 18.7. The van der Waals surface area contributed by atoms with E-state index in [2.05, 4.69) is 55.4 Å². The molecule has 2 nitrogen and oxygen atoms in total. The van der Waals surface area contributed by atoms with Crippen molar-refractivity contribution in [2.24, 2.45) is 5.41 Å². The van der Waals surface area contributed by atoms with E-state index < -0.39 is 27.2 Å². The van der Waals surface area contributed by atoms with Gasteiger partial charge in [-0.05, 0) is 0 Å². The third-order valence-electron chi connectivity index (χ3n) is 5.59. The Hall–Kier alpha value is 1.01. The van der Waals surface area contributed by atoms with E-state index in [1.807, 2.05) is 0 Å². The first kappa shape index (κ1) is 25.0. The van der Waals surface area contributed by atoms with Gasteiger partial charge in [-0.3, -0.25) is 0 Å². The average molecular weight is 464 g/mol. The van der Waals surface area contributed by atoms with Crippen molar-refractivity contribution in [1.82, 2.24) is 0 Å². The second kappa shape index (κ2) is 12.4. The molecule has 0 aliphatic rings. The van der Waals surface area contributed by atoms with Gasteiger partial charge in [0.05, 0.1) is 0 Å². The summed E-state index contributed by atoms with van der Waals surface area (Å²) in [5.74, 6) is 0. The Bertz CT molecular complexity index is 289. The Labute approximate surface area is 159 Å². The van der Waals surface area contributed by atoms with E-state index in [9.17, 15) is 0 Å². The molecule has 0 aliphatic carbocycles. The Kier molecular flexibility index (Phi) is 12.9. The van der Waals surface area contributed by atoms with Gasteiger partial charge in [-0.15, -0.1) is 0 Å². The number of hydrogen-bond donors (Lipinski definition) is 0. The van der Waals surface area contributed by atoms with Crippen LogP contribution in [0.15, 0.2) is 0 Å².